The molecule has 1 aromatic heterocycles. The lowest BCUT2D eigenvalue weighted by Crippen LogP contribution is -2.16. The minimum atomic E-state index is -2.53. The van der Waals surface area contributed by atoms with Crippen molar-refractivity contribution in [2.45, 2.75) is 38.6 Å². The molecule has 3 aromatic rings. The predicted molar refractivity (Wildman–Crippen MR) is 126 cm³/mol. The van der Waals surface area contributed by atoms with Crippen molar-refractivity contribution < 1.29 is 27.5 Å². The minimum Gasteiger partial charge on any atom is -0.493 e. The van der Waals surface area contributed by atoms with E-state index in [0.717, 1.165) is 53.9 Å². The molecule has 33 heavy (non-hydrogen) atoms. The Morgan fingerprint density at radius 3 is 2.67 bits per heavy atom. The summed E-state index contributed by atoms with van der Waals surface area (Å²) in [7, 11) is -2.53. The number of nitrogens with one attached hydrogen (secondary N) is 1. The molecule has 0 amide bonds. The first-order valence-corrected chi connectivity index (χ1v) is 12.3. The summed E-state index contributed by atoms with van der Waals surface area (Å²) >= 11 is 0. The van der Waals surface area contributed by atoms with Crippen LogP contribution in [0.5, 0.6) is 5.75 Å². The molecule has 3 rings (SSSR count). The molecular formula is C25H30FNO5P+. The average molecular weight is 474 g/mol. The zero-order valence-electron chi connectivity index (χ0n) is 18.5. The zero-order chi connectivity index (χ0) is 23.3. The van der Waals surface area contributed by atoms with Crippen molar-refractivity contribution in [2.24, 2.45) is 0 Å². The van der Waals surface area contributed by atoms with Gasteiger partial charge in [0, 0.05) is 11.1 Å². The quantitative estimate of drug-likeness (QED) is 0.207. The molecule has 0 saturated carbocycles. The molecule has 0 fully saturated rings. The lowest BCUT2D eigenvalue weighted by molar-refractivity contribution is 0.276. The maximum atomic E-state index is 13.7. The van der Waals surface area contributed by atoms with Gasteiger partial charge in [-0.05, 0) is 80.1 Å². The lowest BCUT2D eigenvalue weighted by Gasteiger charge is -2.13. The van der Waals surface area contributed by atoms with Gasteiger partial charge in [0.25, 0.3) is 0 Å². The van der Waals surface area contributed by atoms with E-state index in [0.29, 0.717) is 26.1 Å². The van der Waals surface area contributed by atoms with E-state index in [-0.39, 0.29) is 12.4 Å². The van der Waals surface area contributed by atoms with Crippen molar-refractivity contribution in [3.8, 4) is 17.1 Å². The zero-order valence-corrected chi connectivity index (χ0v) is 19.4. The van der Waals surface area contributed by atoms with Gasteiger partial charge in [-0.2, -0.15) is 0 Å². The van der Waals surface area contributed by atoms with E-state index in [2.05, 4.69) is 9.84 Å². The molecule has 176 valence electrons. The summed E-state index contributed by atoms with van der Waals surface area (Å²) in [6.45, 7) is 2.14. The summed E-state index contributed by atoms with van der Waals surface area (Å²) in [6.07, 6.45) is 5.78. The normalized spacial score (nSPS) is 11.5. The highest BCUT2D eigenvalue weighted by molar-refractivity contribution is 7.32. The van der Waals surface area contributed by atoms with Crippen LogP contribution in [-0.2, 0) is 22.1 Å². The third kappa shape index (κ3) is 8.71. The van der Waals surface area contributed by atoms with Crippen LogP contribution in [0.25, 0.3) is 11.3 Å². The maximum absolute atomic E-state index is 13.7. The van der Waals surface area contributed by atoms with E-state index < -0.39 is 8.25 Å². The van der Waals surface area contributed by atoms with Gasteiger partial charge in [0.1, 0.15) is 23.9 Å². The topological polar surface area (TPSA) is 80.9 Å². The van der Waals surface area contributed by atoms with Crippen LogP contribution in [0.2, 0.25) is 0 Å². The van der Waals surface area contributed by atoms with Crippen molar-refractivity contribution in [2.75, 3.05) is 19.8 Å². The molecule has 2 N–H and O–H groups in total. The Hall–Kier alpha value is -2.57. The molecule has 2 aromatic carbocycles. The molecular weight excluding hydrogens is 444 g/mol. The van der Waals surface area contributed by atoms with Gasteiger partial charge in [0.2, 0.25) is 0 Å². The van der Waals surface area contributed by atoms with E-state index in [4.69, 9.17) is 14.0 Å². The van der Waals surface area contributed by atoms with Gasteiger partial charge in [0.15, 0.2) is 0 Å². The molecule has 1 unspecified atom stereocenters. The number of furan rings is 1. The number of benzene rings is 2. The van der Waals surface area contributed by atoms with Crippen molar-refractivity contribution in [3.05, 3.63) is 77.8 Å². The van der Waals surface area contributed by atoms with Gasteiger partial charge >= 0.3 is 8.25 Å². The number of rotatable bonds is 15. The number of unbranched alkanes of at least 4 members (excludes halogenated alkanes) is 2. The second-order valence-corrected chi connectivity index (χ2v) is 8.39. The fraction of sp³-hybridized carbons (Fsp3) is 0.360. The molecule has 0 saturated heterocycles. The minimum absolute atomic E-state index is 0.137. The van der Waals surface area contributed by atoms with Gasteiger partial charge in [-0.15, -0.1) is 9.42 Å². The molecule has 0 bridgehead atoms. The van der Waals surface area contributed by atoms with E-state index >= 15 is 0 Å². The van der Waals surface area contributed by atoms with E-state index in [9.17, 15) is 8.96 Å². The molecule has 0 aliphatic heterocycles. The highest BCUT2D eigenvalue weighted by Gasteiger charge is 2.12. The summed E-state index contributed by atoms with van der Waals surface area (Å²) in [5.74, 6) is 1.37. The van der Waals surface area contributed by atoms with Crippen LogP contribution in [0.1, 0.15) is 36.8 Å². The first-order valence-electron chi connectivity index (χ1n) is 11.2. The van der Waals surface area contributed by atoms with Crippen LogP contribution in [0.4, 0.5) is 4.39 Å². The van der Waals surface area contributed by atoms with E-state index in [1.54, 1.807) is 12.3 Å². The smallest absolute Gasteiger partial charge is 0.493 e. The van der Waals surface area contributed by atoms with Gasteiger partial charge in [-0.1, -0.05) is 24.3 Å². The van der Waals surface area contributed by atoms with Crippen LogP contribution in [0.3, 0.4) is 0 Å². The van der Waals surface area contributed by atoms with Gasteiger partial charge in [0.05, 0.1) is 18.4 Å². The van der Waals surface area contributed by atoms with Crippen molar-refractivity contribution >= 4 is 8.25 Å². The summed E-state index contributed by atoms with van der Waals surface area (Å²) in [5, 5.41) is 3.30. The van der Waals surface area contributed by atoms with Gasteiger partial charge in [-0.3, -0.25) is 0 Å². The van der Waals surface area contributed by atoms with Crippen LogP contribution < -0.4 is 10.1 Å². The lowest BCUT2D eigenvalue weighted by atomic mass is 10.1. The third-order valence-electron chi connectivity index (χ3n) is 5.17. The van der Waals surface area contributed by atoms with E-state index in [1.807, 2.05) is 42.5 Å². The maximum Gasteiger partial charge on any atom is 0.694 e. The fourth-order valence-corrected chi connectivity index (χ4v) is 3.77. The molecule has 1 atom stereocenters. The summed E-state index contributed by atoms with van der Waals surface area (Å²) in [4.78, 5) is 8.63. The van der Waals surface area contributed by atoms with Crippen LogP contribution in [0.15, 0.2) is 65.3 Å². The number of halogens is 1. The molecule has 0 spiro atoms. The predicted octanol–water partition coefficient (Wildman–Crippen LogP) is 6.02. The Morgan fingerprint density at radius 2 is 1.88 bits per heavy atom. The number of hydrogen-bond acceptors (Lipinski definition) is 5. The molecule has 6 nitrogen and oxygen atoms in total. The highest BCUT2D eigenvalue weighted by Crippen LogP contribution is 2.32. The molecule has 0 radical (unpaired) electrons. The molecule has 0 aliphatic rings. The average Bonchev–Trinajstić information content (AvgIpc) is 3.35. The first kappa shape index (κ1) is 25.1. The molecule has 0 aliphatic carbocycles. The van der Waals surface area contributed by atoms with Crippen molar-refractivity contribution in [1.82, 2.24) is 5.32 Å². The number of ether oxygens (including phenoxy) is 1. The summed E-state index contributed by atoms with van der Waals surface area (Å²) in [6, 6.07) is 16.7. The van der Waals surface area contributed by atoms with E-state index in [1.165, 1.54) is 6.07 Å². The van der Waals surface area contributed by atoms with Crippen LogP contribution in [-0.4, -0.2) is 24.7 Å². The Kier molecular flexibility index (Phi) is 10.5. The number of aryl methyl sites for hydroxylation is 1. The second-order valence-electron chi connectivity index (χ2n) is 7.66. The van der Waals surface area contributed by atoms with Crippen LogP contribution in [0, 0.1) is 5.82 Å². The Morgan fingerprint density at radius 1 is 1.00 bits per heavy atom. The fourth-order valence-electron chi connectivity index (χ4n) is 3.49. The summed E-state index contributed by atoms with van der Waals surface area (Å²) in [5.41, 5.74) is 2.73. The van der Waals surface area contributed by atoms with Crippen LogP contribution >= 0.6 is 8.25 Å². The summed E-state index contributed by atoms with van der Waals surface area (Å²) < 4.78 is 40.5. The largest absolute Gasteiger partial charge is 0.694 e. The monoisotopic (exact) mass is 474 g/mol. The van der Waals surface area contributed by atoms with Gasteiger partial charge in [-0.25, -0.2) is 4.39 Å². The molecule has 8 heteroatoms. The van der Waals surface area contributed by atoms with Gasteiger partial charge < -0.3 is 14.5 Å². The van der Waals surface area contributed by atoms with Crippen molar-refractivity contribution in [1.29, 1.82) is 0 Å². The first-order chi connectivity index (χ1) is 16.1. The highest BCUT2D eigenvalue weighted by atomic mass is 31.1. The Bertz CT molecular complexity index is 996. The Balaban J connectivity index is 1.46. The molecule has 1 heterocycles. The standard InChI is InChI=1S/C25H29FNO5P/c26-23-10-4-3-9-21(23)8-2-1-5-15-30-25-13-12-20(18-22(25)24-11-6-16-31-24)19-27-14-7-17-32-33(28)29/h3-4,6,9-13,16,18,27H,1-2,5,7-8,14-15,17,19H2/p+1. The Labute approximate surface area is 194 Å². The van der Waals surface area contributed by atoms with Crippen molar-refractivity contribution in [3.63, 3.8) is 0 Å². The third-order valence-corrected chi connectivity index (χ3v) is 5.57. The number of hydrogen-bond donors (Lipinski definition) is 2. The second kappa shape index (κ2) is 13.9. The SMILES string of the molecule is O=[P+](O)OCCCNCc1ccc(OCCCCCc2ccccc2F)c(-c2ccco2)c1.